The lowest BCUT2D eigenvalue weighted by molar-refractivity contribution is 0.414. The van der Waals surface area contributed by atoms with E-state index in [1.165, 1.54) is 4.90 Å². The molecular formula is C10H12O2S. The quantitative estimate of drug-likeness (QED) is 0.544. The van der Waals surface area contributed by atoms with Gasteiger partial charge < -0.3 is 9.47 Å². The van der Waals surface area contributed by atoms with E-state index < -0.39 is 0 Å². The van der Waals surface area contributed by atoms with Crippen molar-refractivity contribution in [3.05, 3.63) is 24.3 Å². The van der Waals surface area contributed by atoms with Crippen molar-refractivity contribution in [1.29, 1.82) is 0 Å². The first-order valence-electron chi connectivity index (χ1n) is 4.27. The zero-order chi connectivity index (χ0) is 9.10. The van der Waals surface area contributed by atoms with E-state index in [4.69, 9.17) is 9.47 Å². The van der Waals surface area contributed by atoms with Crippen LogP contribution in [0.3, 0.4) is 0 Å². The smallest absolute Gasteiger partial charge is 0.118 e. The van der Waals surface area contributed by atoms with E-state index in [2.05, 4.69) is 12.1 Å². The number of epoxide rings is 1. The highest BCUT2D eigenvalue weighted by molar-refractivity contribution is 7.99. The molecule has 2 rings (SSSR count). The van der Waals surface area contributed by atoms with Crippen LogP contribution in [-0.4, -0.2) is 25.6 Å². The minimum absolute atomic E-state index is 0.493. The third-order valence-electron chi connectivity index (χ3n) is 1.90. The highest BCUT2D eigenvalue weighted by Gasteiger charge is 2.21. The molecule has 70 valence electrons. The Morgan fingerprint density at radius 1 is 1.46 bits per heavy atom. The van der Waals surface area contributed by atoms with Gasteiger partial charge in [-0.25, -0.2) is 0 Å². The lowest BCUT2D eigenvalue weighted by Crippen LogP contribution is -1.88. The summed E-state index contributed by atoms with van der Waals surface area (Å²) in [7, 11) is 1.68. The molecule has 0 radical (unpaired) electrons. The Morgan fingerprint density at radius 2 is 2.15 bits per heavy atom. The molecule has 1 atom stereocenters. The number of benzene rings is 1. The van der Waals surface area contributed by atoms with Gasteiger partial charge in [0.25, 0.3) is 0 Å². The van der Waals surface area contributed by atoms with E-state index in [0.717, 1.165) is 18.1 Å². The minimum Gasteiger partial charge on any atom is -0.497 e. The molecule has 0 N–H and O–H groups in total. The monoisotopic (exact) mass is 196 g/mol. The molecule has 1 aliphatic rings. The highest BCUT2D eigenvalue weighted by atomic mass is 32.2. The molecule has 1 heterocycles. The van der Waals surface area contributed by atoms with E-state index in [1.54, 1.807) is 7.11 Å². The average molecular weight is 196 g/mol. The summed E-state index contributed by atoms with van der Waals surface area (Å²) in [6.45, 7) is 0.934. The van der Waals surface area contributed by atoms with Crippen LogP contribution in [-0.2, 0) is 4.74 Å². The number of thioether (sulfide) groups is 1. The molecule has 0 amide bonds. The maximum Gasteiger partial charge on any atom is 0.118 e. The van der Waals surface area contributed by atoms with Crippen molar-refractivity contribution < 1.29 is 9.47 Å². The van der Waals surface area contributed by atoms with Crippen molar-refractivity contribution in [2.75, 3.05) is 19.5 Å². The fourth-order valence-corrected chi connectivity index (χ4v) is 1.92. The summed E-state index contributed by atoms with van der Waals surface area (Å²) in [5, 5.41) is 0. The molecule has 1 unspecified atom stereocenters. The maximum absolute atomic E-state index is 5.13. The summed E-state index contributed by atoms with van der Waals surface area (Å²) in [6.07, 6.45) is 0.493. The molecule has 13 heavy (non-hydrogen) atoms. The first-order chi connectivity index (χ1) is 6.38. The Bertz CT molecular complexity index is 267. The molecule has 0 aliphatic carbocycles. The van der Waals surface area contributed by atoms with Gasteiger partial charge in [-0.1, -0.05) is 0 Å². The zero-order valence-corrected chi connectivity index (χ0v) is 8.34. The second-order valence-electron chi connectivity index (χ2n) is 2.94. The average Bonchev–Trinajstić information content (AvgIpc) is 2.99. The molecule has 1 aliphatic heterocycles. The standard InChI is InChI=1S/C10H12O2S/c1-11-8-2-4-10(5-3-8)13-7-9-6-12-9/h2-5,9H,6-7H2,1H3. The van der Waals surface area contributed by atoms with Crippen molar-refractivity contribution in [2.45, 2.75) is 11.0 Å². The van der Waals surface area contributed by atoms with Crippen LogP contribution in [0.1, 0.15) is 0 Å². The number of ether oxygens (including phenoxy) is 2. The normalized spacial score (nSPS) is 19.9. The van der Waals surface area contributed by atoms with E-state index >= 15 is 0 Å². The SMILES string of the molecule is COc1ccc(SCC2CO2)cc1. The summed E-state index contributed by atoms with van der Waals surface area (Å²) < 4.78 is 10.2. The molecule has 1 aromatic rings. The van der Waals surface area contributed by atoms with Gasteiger partial charge in [-0.2, -0.15) is 0 Å². The maximum atomic E-state index is 5.13. The van der Waals surface area contributed by atoms with Crippen LogP contribution in [0.2, 0.25) is 0 Å². The third kappa shape index (κ3) is 2.64. The van der Waals surface area contributed by atoms with Crippen LogP contribution in [0.15, 0.2) is 29.2 Å². The van der Waals surface area contributed by atoms with Crippen LogP contribution in [0.5, 0.6) is 5.75 Å². The minimum atomic E-state index is 0.493. The Labute approximate surface area is 82.2 Å². The van der Waals surface area contributed by atoms with Crippen LogP contribution in [0.4, 0.5) is 0 Å². The van der Waals surface area contributed by atoms with E-state index in [0.29, 0.717) is 6.10 Å². The lowest BCUT2D eigenvalue weighted by atomic mass is 10.3. The Morgan fingerprint density at radius 3 is 2.69 bits per heavy atom. The van der Waals surface area contributed by atoms with E-state index in [-0.39, 0.29) is 0 Å². The predicted molar refractivity (Wildman–Crippen MR) is 53.5 cm³/mol. The van der Waals surface area contributed by atoms with Crippen LogP contribution in [0, 0.1) is 0 Å². The number of methoxy groups -OCH3 is 1. The fraction of sp³-hybridized carbons (Fsp3) is 0.400. The molecular weight excluding hydrogens is 184 g/mol. The van der Waals surface area contributed by atoms with Crippen LogP contribution < -0.4 is 4.74 Å². The van der Waals surface area contributed by atoms with Crippen molar-refractivity contribution in [3.8, 4) is 5.75 Å². The van der Waals surface area contributed by atoms with Gasteiger partial charge in [0.05, 0.1) is 19.8 Å². The van der Waals surface area contributed by atoms with Gasteiger partial charge in [-0.15, -0.1) is 11.8 Å². The lowest BCUT2D eigenvalue weighted by Gasteiger charge is -2.01. The zero-order valence-electron chi connectivity index (χ0n) is 7.53. The van der Waals surface area contributed by atoms with Gasteiger partial charge in [0, 0.05) is 10.6 Å². The number of hydrogen-bond donors (Lipinski definition) is 0. The van der Waals surface area contributed by atoms with E-state index in [1.807, 2.05) is 23.9 Å². The van der Waals surface area contributed by atoms with Gasteiger partial charge in [-0.3, -0.25) is 0 Å². The van der Waals surface area contributed by atoms with Crippen LogP contribution >= 0.6 is 11.8 Å². The molecule has 2 nitrogen and oxygen atoms in total. The molecule has 0 aromatic heterocycles. The largest absolute Gasteiger partial charge is 0.497 e. The molecule has 0 saturated carbocycles. The fourth-order valence-electron chi connectivity index (χ4n) is 1.03. The Hall–Kier alpha value is -0.670. The van der Waals surface area contributed by atoms with Crippen molar-refractivity contribution >= 4 is 11.8 Å². The number of rotatable bonds is 4. The summed E-state index contributed by atoms with van der Waals surface area (Å²) in [5.74, 6) is 1.97. The second kappa shape index (κ2) is 4.03. The summed E-state index contributed by atoms with van der Waals surface area (Å²) in [5.41, 5.74) is 0. The first-order valence-corrected chi connectivity index (χ1v) is 5.25. The highest BCUT2D eigenvalue weighted by Crippen LogP contribution is 2.25. The molecule has 1 aromatic carbocycles. The van der Waals surface area contributed by atoms with Crippen molar-refractivity contribution in [1.82, 2.24) is 0 Å². The second-order valence-corrected chi connectivity index (χ2v) is 4.04. The van der Waals surface area contributed by atoms with Gasteiger partial charge in [-0.05, 0) is 24.3 Å². The number of hydrogen-bond acceptors (Lipinski definition) is 3. The Balaban J connectivity index is 1.88. The topological polar surface area (TPSA) is 21.8 Å². The van der Waals surface area contributed by atoms with Crippen LogP contribution in [0.25, 0.3) is 0 Å². The molecule has 0 spiro atoms. The molecule has 3 heteroatoms. The summed E-state index contributed by atoms with van der Waals surface area (Å²) in [4.78, 5) is 1.27. The van der Waals surface area contributed by atoms with Gasteiger partial charge >= 0.3 is 0 Å². The first kappa shape index (κ1) is 8.91. The summed E-state index contributed by atoms with van der Waals surface area (Å²) in [6, 6.07) is 8.12. The Kier molecular flexibility index (Phi) is 2.76. The van der Waals surface area contributed by atoms with Crippen molar-refractivity contribution in [3.63, 3.8) is 0 Å². The van der Waals surface area contributed by atoms with Gasteiger partial charge in [0.15, 0.2) is 0 Å². The third-order valence-corrected chi connectivity index (χ3v) is 3.04. The molecule has 1 saturated heterocycles. The van der Waals surface area contributed by atoms with Gasteiger partial charge in [0.1, 0.15) is 5.75 Å². The molecule has 1 fully saturated rings. The van der Waals surface area contributed by atoms with Gasteiger partial charge in [0.2, 0.25) is 0 Å². The predicted octanol–water partition coefficient (Wildman–Crippen LogP) is 2.19. The van der Waals surface area contributed by atoms with E-state index in [9.17, 15) is 0 Å². The van der Waals surface area contributed by atoms with Crippen molar-refractivity contribution in [2.24, 2.45) is 0 Å². The molecule has 0 bridgehead atoms. The summed E-state index contributed by atoms with van der Waals surface area (Å²) >= 11 is 1.83.